The van der Waals surface area contributed by atoms with Gasteiger partial charge in [0.05, 0.1) is 109 Å². The summed E-state index contributed by atoms with van der Waals surface area (Å²) in [4.78, 5) is 87.0. The molecule has 7 fully saturated rings. The molecule has 41 heteroatoms. The first-order chi connectivity index (χ1) is 67.8. The number of carbonyl (C=O) groups is 3. The fraction of sp³-hybridized carbons (Fsp3) is 0.404. The largest absolute Gasteiger partial charge is 0.493 e. The Morgan fingerprint density at radius 2 is 0.750 bits per heavy atom. The maximum Gasteiger partial charge on any atom is 0.320 e. The van der Waals surface area contributed by atoms with E-state index in [-0.39, 0.29) is 80.8 Å². The molecule has 33 nitrogen and oxygen atoms in total. The van der Waals surface area contributed by atoms with E-state index in [4.69, 9.17) is 98.5 Å². The number of rotatable bonds is 24. The van der Waals surface area contributed by atoms with Crippen LogP contribution in [-0.2, 0) is 14.2 Å². The number of aromatic nitrogens is 8. The number of fused-ring (bicyclic) bond motifs is 6. The number of nitrogens with zero attached hydrogens (tertiary/aromatic N) is 15. The van der Waals surface area contributed by atoms with Crippen LogP contribution in [0.4, 0.5) is 78.0 Å². The van der Waals surface area contributed by atoms with Crippen LogP contribution in [0.2, 0.25) is 20.1 Å². The maximum absolute atomic E-state index is 13.6. The van der Waals surface area contributed by atoms with E-state index >= 15 is 0 Å². The third-order valence-corrected chi connectivity index (χ3v) is 26.5. The highest BCUT2D eigenvalue weighted by molar-refractivity contribution is 6.32. The van der Waals surface area contributed by atoms with Crippen LogP contribution >= 0.6 is 46.4 Å². The van der Waals surface area contributed by atoms with Crippen LogP contribution in [0.5, 0.6) is 46.0 Å². The summed E-state index contributed by atoms with van der Waals surface area (Å²) in [5, 5.41) is 15.7. The second-order valence-corrected chi connectivity index (χ2v) is 36.2. The van der Waals surface area contributed by atoms with E-state index in [9.17, 15) is 31.9 Å². The Balaban J connectivity index is 0.000000135. The van der Waals surface area contributed by atoms with Crippen molar-refractivity contribution in [2.75, 3.05) is 169 Å². The number of benzene rings is 8. The van der Waals surface area contributed by atoms with Gasteiger partial charge in [-0.2, -0.15) is 0 Å². The zero-order valence-electron chi connectivity index (χ0n) is 78.5. The number of methoxy groups -OCH3 is 5. The second kappa shape index (κ2) is 46.6. The van der Waals surface area contributed by atoms with Crippen molar-refractivity contribution < 1.29 is 84.1 Å². The number of carbonyl (C=O) groups excluding carboxylic acids is 3. The number of hydrogen-bond acceptors (Lipinski definition) is 27. The molecule has 12 aromatic rings. The van der Waals surface area contributed by atoms with Crippen molar-refractivity contribution in [1.29, 1.82) is 0 Å². The number of urea groups is 3. The van der Waals surface area contributed by atoms with Gasteiger partial charge in [-0.15, -0.1) is 0 Å². The molecule has 0 aliphatic carbocycles. The van der Waals surface area contributed by atoms with Crippen LogP contribution in [0.15, 0.2) is 147 Å². The smallest absolute Gasteiger partial charge is 0.320 e. The van der Waals surface area contributed by atoms with Crippen LogP contribution in [0, 0.1) is 23.3 Å². The summed E-state index contributed by atoms with van der Waals surface area (Å²) in [6.07, 6.45) is 13.1. The number of morpholine rings is 2. The SMILES string of the molecule is CCN1CCC(Oc2cc3c(Nc4ccc(F)c(Cl)c4)ncnc3cc2OC)CC1.COCCN(C)C(=O)N1CCC(Oc2cc3c(Nc4ccc(F)c(Cl)c4)ncnc3cc2OC)CC1.COc1cc2ncnc(Nc3ccc(F)c(Cl)c3)c2cc1OC1CCN(C(=O)N2CCOC(C)C2)CC1.COc1cc2ncnc(Nc3ccc(F)c(Cl)c3)c2cc1OC1CCN(C(=O)N2C[C@@H]3C[C@H]2CO3)CC1. The number of ether oxygens (including phenoxy) is 11. The standard InChI is InChI=1S/C26H27ClFN5O4.C26H29ClFN5O4.C25H29ClFN5O4.C22H24ClFN4O2/c1-35-23-11-22-19(25(30-14-29-22)31-15-2-3-21(28)20(27)8-15)10-24(23)37-17-4-6-32(7-5-17)26(34)33-12-18-9-16(33)13-36-18;1-16-14-33(9-10-36-16)26(34)32-7-5-18(6-8-32)37-24-12-19-22(13-23(24)35-2)29-15-30-25(19)31-17-3-4-21(28)20(27)11-17;1-31(10-11-34-2)25(33)32-8-6-17(7-9-32)36-23-13-18-21(14-22(23)35-3)28-15-29-24(18)30-16-4-5-20(27)19(26)12-16;1-3-28-8-6-15(7-9-28)30-21-11-16-19(12-20(21)29-2)25-13-26-22(16)27-14-4-5-18(24)17(23)10-14/h2-3,8,10-11,14,16-18H,4-7,9,12-13H2,1H3,(H,29,30,31);3-4,11-13,15-16,18H,5-10,14H2,1-2H3,(H,29,30,31);4-5,12-15,17H,6-11H2,1-3H3,(H,28,29,30);4-5,10-13,15H,3,6-9H2,1-2H3,(H,25,26,27)/t16-,18-;;;/m0.../s1. The Bertz CT molecular complexity index is 6390. The van der Waals surface area contributed by atoms with E-state index in [1.165, 1.54) is 73.8 Å². The van der Waals surface area contributed by atoms with Crippen LogP contribution < -0.4 is 59.2 Å². The first kappa shape index (κ1) is 100. The number of likely N-dealkylation sites (N-methyl/N-ethyl adjacent to an activating group) is 1. The summed E-state index contributed by atoms with van der Waals surface area (Å²) in [6, 6.07) is 32.6. The van der Waals surface area contributed by atoms with Gasteiger partial charge in [0.15, 0.2) is 46.0 Å². The molecule has 4 N–H and O–H groups in total. The maximum atomic E-state index is 13.6. The number of amides is 6. The van der Waals surface area contributed by atoms with Crippen molar-refractivity contribution in [3.63, 3.8) is 0 Å². The normalized spacial score (nSPS) is 17.5. The Labute approximate surface area is 826 Å². The fourth-order valence-electron chi connectivity index (χ4n) is 17.6. The van der Waals surface area contributed by atoms with Crippen molar-refractivity contribution in [1.82, 2.24) is 74.2 Å². The molecule has 3 atom stereocenters. The van der Waals surface area contributed by atoms with Gasteiger partial charge >= 0.3 is 18.1 Å². The van der Waals surface area contributed by atoms with Gasteiger partial charge in [0.1, 0.15) is 96.3 Å². The fourth-order valence-corrected chi connectivity index (χ4v) is 18.4. The highest BCUT2D eigenvalue weighted by Gasteiger charge is 2.44. The molecule has 7 saturated heterocycles. The minimum absolute atomic E-state index is 0.0115. The predicted molar refractivity (Wildman–Crippen MR) is 527 cm³/mol. The van der Waals surface area contributed by atoms with Crippen molar-refractivity contribution >= 4 is 154 Å². The summed E-state index contributed by atoms with van der Waals surface area (Å²) in [7, 11) is 9.76. The Morgan fingerprint density at radius 1 is 0.414 bits per heavy atom. The van der Waals surface area contributed by atoms with Crippen molar-refractivity contribution in [2.24, 2.45) is 0 Å². The number of anilines is 8. The first-order valence-electron chi connectivity index (χ1n) is 46.3. The molecule has 0 spiro atoms. The molecule has 19 rings (SSSR count). The van der Waals surface area contributed by atoms with Gasteiger partial charge in [-0.3, -0.25) is 0 Å². The number of likely N-dealkylation sites (tertiary alicyclic amines) is 5. The lowest BCUT2D eigenvalue weighted by Gasteiger charge is -2.38. The molecule has 7 aliphatic heterocycles. The molecule has 4 aromatic heterocycles. The molecular formula is C99H109Cl4F4N19O14. The summed E-state index contributed by atoms with van der Waals surface area (Å²) in [6.45, 7) is 15.2. The lowest BCUT2D eigenvalue weighted by atomic mass is 10.1. The summed E-state index contributed by atoms with van der Waals surface area (Å²) in [5.74, 6) is 4.88. The number of hydrogen-bond donors (Lipinski definition) is 4. The highest BCUT2D eigenvalue weighted by atomic mass is 35.5. The molecule has 2 bridgehead atoms. The summed E-state index contributed by atoms with van der Waals surface area (Å²) < 4.78 is 118. The van der Waals surface area contributed by atoms with Crippen LogP contribution in [0.1, 0.15) is 71.6 Å². The Hall–Kier alpha value is -12.8. The molecule has 7 aliphatic rings. The van der Waals surface area contributed by atoms with Gasteiger partial charge in [-0.1, -0.05) is 53.3 Å². The molecule has 0 radical (unpaired) electrons. The lowest BCUT2D eigenvalue weighted by Crippen LogP contribution is -2.52. The summed E-state index contributed by atoms with van der Waals surface area (Å²) >= 11 is 23.7. The average Bonchev–Trinajstić information content (AvgIpc) is 1.69. The van der Waals surface area contributed by atoms with E-state index in [0.29, 0.717) is 236 Å². The van der Waals surface area contributed by atoms with E-state index in [1.54, 1.807) is 90.0 Å². The van der Waals surface area contributed by atoms with E-state index in [0.717, 1.165) is 62.5 Å². The van der Waals surface area contributed by atoms with Gasteiger partial charge in [-0.25, -0.2) is 71.8 Å². The van der Waals surface area contributed by atoms with Gasteiger partial charge in [0.25, 0.3) is 0 Å². The molecule has 140 heavy (non-hydrogen) atoms. The second-order valence-electron chi connectivity index (χ2n) is 34.5. The van der Waals surface area contributed by atoms with Crippen LogP contribution in [0.3, 0.4) is 0 Å². The quantitative estimate of drug-likeness (QED) is 0.0408. The zero-order chi connectivity index (χ0) is 98.2. The number of nitrogens with one attached hydrogen (secondary N) is 4. The Kier molecular flexibility index (Phi) is 33.3. The van der Waals surface area contributed by atoms with Crippen molar-refractivity contribution in [3.05, 3.63) is 190 Å². The van der Waals surface area contributed by atoms with Crippen molar-refractivity contribution in [3.8, 4) is 46.0 Å². The van der Waals surface area contributed by atoms with Crippen molar-refractivity contribution in [2.45, 2.75) is 114 Å². The van der Waals surface area contributed by atoms with Gasteiger partial charge < -0.3 is 108 Å². The summed E-state index contributed by atoms with van der Waals surface area (Å²) in [5.41, 5.74) is 5.11. The van der Waals surface area contributed by atoms with Gasteiger partial charge in [-0.05, 0) is 130 Å². The number of piperidine rings is 4. The molecule has 740 valence electrons. The molecule has 6 amide bonds. The van der Waals surface area contributed by atoms with Crippen LogP contribution in [0.25, 0.3) is 43.6 Å². The molecular weight excluding hydrogens is 1900 g/mol. The third kappa shape index (κ3) is 24.6. The predicted octanol–water partition coefficient (Wildman–Crippen LogP) is 19.2. The topological polar surface area (TPSA) is 327 Å². The van der Waals surface area contributed by atoms with E-state index < -0.39 is 23.3 Å². The molecule has 11 heterocycles. The number of halogens is 8. The van der Waals surface area contributed by atoms with E-state index in [1.807, 2.05) is 61.8 Å². The van der Waals surface area contributed by atoms with E-state index in [2.05, 4.69) is 73.0 Å². The minimum atomic E-state index is -0.496. The average molecular weight is 2010 g/mol. The molecule has 0 saturated carbocycles. The minimum Gasteiger partial charge on any atom is -0.493 e. The molecule has 1 unspecified atom stereocenters. The third-order valence-electron chi connectivity index (χ3n) is 25.3. The first-order valence-corrected chi connectivity index (χ1v) is 47.8. The Morgan fingerprint density at radius 3 is 1.05 bits per heavy atom. The zero-order valence-corrected chi connectivity index (χ0v) is 81.5. The monoisotopic (exact) mass is 2000 g/mol. The highest BCUT2D eigenvalue weighted by Crippen LogP contribution is 2.44. The van der Waals surface area contributed by atoms with Crippen LogP contribution in [-0.4, -0.2) is 282 Å². The molecule has 8 aromatic carbocycles. The van der Waals surface area contributed by atoms with Gasteiger partial charge in [0, 0.05) is 200 Å². The lowest BCUT2D eigenvalue weighted by molar-refractivity contribution is -0.0117. The van der Waals surface area contributed by atoms with Gasteiger partial charge in [0.2, 0.25) is 0 Å².